The van der Waals surface area contributed by atoms with Crippen molar-refractivity contribution in [3.05, 3.63) is 23.8 Å². The van der Waals surface area contributed by atoms with E-state index in [1.807, 2.05) is 19.1 Å². The van der Waals surface area contributed by atoms with E-state index >= 15 is 0 Å². The number of rotatable bonds is 8. The first kappa shape index (κ1) is 14.1. The topological polar surface area (TPSA) is 30.5 Å². The van der Waals surface area contributed by atoms with Gasteiger partial charge in [-0.15, -0.1) is 0 Å². The van der Waals surface area contributed by atoms with Gasteiger partial charge in [0.2, 0.25) is 0 Å². The van der Waals surface area contributed by atoms with Gasteiger partial charge in [-0.1, -0.05) is 6.07 Å². The summed E-state index contributed by atoms with van der Waals surface area (Å²) in [5.74, 6) is 0.899. The molecule has 3 nitrogen and oxygen atoms in total. The summed E-state index contributed by atoms with van der Waals surface area (Å²) in [7, 11) is 0. The monoisotopic (exact) mass is 271 g/mol. The quantitative estimate of drug-likeness (QED) is 0.788. The fourth-order valence-electron chi connectivity index (χ4n) is 1.75. The lowest BCUT2D eigenvalue weighted by atomic mass is 10.2. The normalized spacial score (nSPS) is 14.7. The number of benzene rings is 1. The smallest absolute Gasteiger partial charge is 0.272 e. The van der Waals surface area contributed by atoms with Gasteiger partial charge in [-0.25, -0.2) is 8.78 Å². The van der Waals surface area contributed by atoms with E-state index in [2.05, 4.69) is 5.32 Å². The first-order valence-corrected chi connectivity index (χ1v) is 6.59. The molecule has 0 heterocycles. The Kier molecular flexibility index (Phi) is 4.96. The maximum absolute atomic E-state index is 12.2. The van der Waals surface area contributed by atoms with Gasteiger partial charge in [-0.3, -0.25) is 0 Å². The predicted molar refractivity (Wildman–Crippen MR) is 69.0 cm³/mol. The highest BCUT2D eigenvalue weighted by atomic mass is 19.3. The Morgan fingerprint density at radius 1 is 1.26 bits per heavy atom. The number of nitrogens with one attached hydrogen (secondary N) is 1. The maximum atomic E-state index is 12.2. The van der Waals surface area contributed by atoms with Crippen LogP contribution in [0.3, 0.4) is 0 Å². The van der Waals surface area contributed by atoms with Crippen molar-refractivity contribution < 1.29 is 18.3 Å². The van der Waals surface area contributed by atoms with Gasteiger partial charge >= 0.3 is 0 Å². The minimum Gasteiger partial charge on any atom is -0.490 e. The second-order valence-electron chi connectivity index (χ2n) is 4.57. The fraction of sp³-hybridized carbons (Fsp3) is 0.571. The van der Waals surface area contributed by atoms with Crippen LogP contribution in [-0.2, 0) is 6.54 Å². The van der Waals surface area contributed by atoms with E-state index in [0.29, 0.717) is 24.1 Å². The van der Waals surface area contributed by atoms with Crippen molar-refractivity contribution in [1.29, 1.82) is 0 Å². The molecule has 5 heteroatoms. The standard InChI is InChI=1S/C14H19F2NO2/c1-2-18-13-7-10(8-17-11-4-5-11)3-6-12(13)19-9-14(15)16/h3,6-7,11,14,17H,2,4-5,8-9H2,1H3. The van der Waals surface area contributed by atoms with Gasteiger partial charge in [-0.05, 0) is 37.5 Å². The third-order valence-electron chi connectivity index (χ3n) is 2.85. The molecule has 0 amide bonds. The highest BCUT2D eigenvalue weighted by Crippen LogP contribution is 2.29. The van der Waals surface area contributed by atoms with Crippen LogP contribution in [0.4, 0.5) is 8.78 Å². The molecule has 0 aliphatic heterocycles. The second-order valence-corrected chi connectivity index (χ2v) is 4.57. The van der Waals surface area contributed by atoms with Gasteiger partial charge in [-0.2, -0.15) is 0 Å². The summed E-state index contributed by atoms with van der Waals surface area (Å²) in [5.41, 5.74) is 1.07. The molecule has 1 aliphatic rings. The Balaban J connectivity index is 1.99. The van der Waals surface area contributed by atoms with Crippen molar-refractivity contribution >= 4 is 0 Å². The summed E-state index contributed by atoms with van der Waals surface area (Å²) in [6.07, 6.45) is -0.0207. The van der Waals surface area contributed by atoms with Crippen LogP contribution in [0.1, 0.15) is 25.3 Å². The predicted octanol–water partition coefficient (Wildman–Crippen LogP) is 2.98. The Bertz CT molecular complexity index is 408. The van der Waals surface area contributed by atoms with Gasteiger partial charge in [0.15, 0.2) is 11.5 Å². The van der Waals surface area contributed by atoms with Crippen molar-refractivity contribution in [2.75, 3.05) is 13.2 Å². The fourth-order valence-corrected chi connectivity index (χ4v) is 1.75. The molecule has 19 heavy (non-hydrogen) atoms. The number of halogens is 2. The minimum absolute atomic E-state index is 0.373. The first-order chi connectivity index (χ1) is 9.19. The number of hydrogen-bond acceptors (Lipinski definition) is 3. The van der Waals surface area contributed by atoms with E-state index in [0.717, 1.165) is 12.1 Å². The van der Waals surface area contributed by atoms with Crippen LogP contribution in [0.2, 0.25) is 0 Å². The van der Waals surface area contributed by atoms with Gasteiger partial charge in [0.1, 0.15) is 6.61 Å². The summed E-state index contributed by atoms with van der Waals surface area (Å²) in [6.45, 7) is 2.48. The van der Waals surface area contributed by atoms with Crippen LogP contribution in [0.15, 0.2) is 18.2 Å². The highest BCUT2D eigenvalue weighted by Gasteiger charge is 2.20. The molecule has 1 aromatic carbocycles. The molecular formula is C14H19F2NO2. The van der Waals surface area contributed by atoms with E-state index < -0.39 is 13.0 Å². The lowest BCUT2D eigenvalue weighted by Gasteiger charge is -2.13. The Labute approximate surface area is 111 Å². The van der Waals surface area contributed by atoms with Crippen molar-refractivity contribution in [2.24, 2.45) is 0 Å². The van der Waals surface area contributed by atoms with E-state index in [4.69, 9.17) is 9.47 Å². The molecule has 0 saturated heterocycles. The van der Waals surface area contributed by atoms with Crippen LogP contribution >= 0.6 is 0 Å². The molecule has 0 radical (unpaired) electrons. The van der Waals surface area contributed by atoms with Crippen LogP contribution < -0.4 is 14.8 Å². The lowest BCUT2D eigenvalue weighted by Crippen LogP contribution is -2.15. The number of alkyl halides is 2. The third kappa shape index (κ3) is 4.67. The van der Waals surface area contributed by atoms with Crippen molar-refractivity contribution in [1.82, 2.24) is 5.32 Å². The van der Waals surface area contributed by atoms with Gasteiger partial charge in [0.05, 0.1) is 6.61 Å². The number of hydrogen-bond donors (Lipinski definition) is 1. The zero-order chi connectivity index (χ0) is 13.7. The molecule has 1 saturated carbocycles. The highest BCUT2D eigenvalue weighted by molar-refractivity contribution is 5.43. The summed E-state index contributed by atoms with van der Waals surface area (Å²) >= 11 is 0. The SMILES string of the molecule is CCOc1cc(CNC2CC2)ccc1OCC(F)F. The molecule has 1 aromatic rings. The zero-order valence-corrected chi connectivity index (χ0v) is 11.0. The molecule has 0 unspecified atom stereocenters. The second kappa shape index (κ2) is 6.70. The Hall–Kier alpha value is -1.36. The Morgan fingerprint density at radius 2 is 2.05 bits per heavy atom. The minimum atomic E-state index is -2.48. The lowest BCUT2D eigenvalue weighted by molar-refractivity contribution is 0.0800. The Morgan fingerprint density at radius 3 is 2.68 bits per heavy atom. The van der Waals surface area contributed by atoms with Gasteiger partial charge in [0, 0.05) is 12.6 Å². The maximum Gasteiger partial charge on any atom is 0.272 e. The van der Waals surface area contributed by atoms with E-state index in [1.165, 1.54) is 12.8 Å². The summed E-state index contributed by atoms with van der Waals surface area (Å²) in [5, 5.41) is 3.40. The van der Waals surface area contributed by atoms with Gasteiger partial charge < -0.3 is 14.8 Å². The van der Waals surface area contributed by atoms with Crippen LogP contribution in [0.5, 0.6) is 11.5 Å². The number of ether oxygens (including phenoxy) is 2. The van der Waals surface area contributed by atoms with Gasteiger partial charge in [0.25, 0.3) is 6.43 Å². The summed E-state index contributed by atoms with van der Waals surface area (Å²) in [4.78, 5) is 0. The average molecular weight is 271 g/mol. The molecule has 1 N–H and O–H groups in total. The first-order valence-electron chi connectivity index (χ1n) is 6.59. The zero-order valence-electron chi connectivity index (χ0n) is 11.0. The van der Waals surface area contributed by atoms with Crippen LogP contribution in [0, 0.1) is 0 Å². The molecule has 1 fully saturated rings. The van der Waals surface area contributed by atoms with Crippen LogP contribution in [0.25, 0.3) is 0 Å². The van der Waals surface area contributed by atoms with Crippen LogP contribution in [-0.4, -0.2) is 25.7 Å². The molecule has 0 bridgehead atoms. The van der Waals surface area contributed by atoms with E-state index in [1.54, 1.807) is 6.07 Å². The third-order valence-corrected chi connectivity index (χ3v) is 2.85. The average Bonchev–Trinajstić information content (AvgIpc) is 3.19. The molecule has 0 atom stereocenters. The molecule has 106 valence electrons. The molecule has 2 rings (SSSR count). The molecule has 0 aromatic heterocycles. The van der Waals surface area contributed by atoms with E-state index in [9.17, 15) is 8.78 Å². The summed E-state index contributed by atoms with van der Waals surface area (Å²) in [6, 6.07) is 6.04. The van der Waals surface area contributed by atoms with Crippen molar-refractivity contribution in [3.63, 3.8) is 0 Å². The summed E-state index contributed by atoms with van der Waals surface area (Å²) < 4.78 is 34.8. The molecular weight excluding hydrogens is 252 g/mol. The van der Waals surface area contributed by atoms with Crippen molar-refractivity contribution in [2.45, 2.75) is 38.8 Å². The van der Waals surface area contributed by atoms with E-state index in [-0.39, 0.29) is 0 Å². The molecule has 0 spiro atoms. The molecule has 1 aliphatic carbocycles. The largest absolute Gasteiger partial charge is 0.490 e. The van der Waals surface area contributed by atoms with Crippen molar-refractivity contribution in [3.8, 4) is 11.5 Å².